The highest BCUT2D eigenvalue weighted by atomic mass is 32.1. The van der Waals surface area contributed by atoms with Crippen LogP contribution in [-0.2, 0) is 9.59 Å². The van der Waals surface area contributed by atoms with Gasteiger partial charge in [-0.1, -0.05) is 25.0 Å². The zero-order valence-electron chi connectivity index (χ0n) is 16.8. The fraction of sp³-hybridized carbons (Fsp3) is 0.524. The van der Waals surface area contributed by atoms with Gasteiger partial charge in [0.05, 0.1) is 16.3 Å². The molecule has 0 radical (unpaired) electrons. The Kier molecular flexibility index (Phi) is 5.29. The van der Waals surface area contributed by atoms with Crippen molar-refractivity contribution in [1.29, 1.82) is 0 Å². The maximum absolute atomic E-state index is 12.7. The summed E-state index contributed by atoms with van der Waals surface area (Å²) in [6, 6.07) is 7.49. The van der Waals surface area contributed by atoms with Crippen molar-refractivity contribution in [2.24, 2.45) is 0 Å². The molecule has 1 N–H and O–H groups in total. The Balaban J connectivity index is 1.32. The fourth-order valence-corrected chi connectivity index (χ4v) is 5.27. The van der Waals surface area contributed by atoms with Gasteiger partial charge in [-0.25, -0.2) is 9.78 Å². The summed E-state index contributed by atoms with van der Waals surface area (Å²) in [4.78, 5) is 45.2. The lowest BCUT2D eigenvalue weighted by molar-refractivity contribution is -0.133. The molecule has 1 aliphatic carbocycles. The van der Waals surface area contributed by atoms with Crippen molar-refractivity contribution in [3.8, 4) is 0 Å². The number of carbonyl (C=O) groups is 3. The number of hydrogen-bond acceptors (Lipinski definition) is 5. The van der Waals surface area contributed by atoms with E-state index in [1.165, 1.54) is 4.90 Å². The van der Waals surface area contributed by atoms with Crippen LogP contribution < -0.4 is 5.32 Å². The van der Waals surface area contributed by atoms with Crippen LogP contribution in [0.15, 0.2) is 24.3 Å². The highest BCUT2D eigenvalue weighted by molar-refractivity contribution is 7.18. The maximum Gasteiger partial charge on any atom is 0.325 e. The van der Waals surface area contributed by atoms with Crippen LogP contribution in [0.3, 0.4) is 0 Å². The van der Waals surface area contributed by atoms with E-state index in [4.69, 9.17) is 0 Å². The summed E-state index contributed by atoms with van der Waals surface area (Å²) in [6.07, 6.45) is 4.12. The van der Waals surface area contributed by atoms with E-state index >= 15 is 0 Å². The van der Waals surface area contributed by atoms with Crippen LogP contribution in [0, 0.1) is 0 Å². The van der Waals surface area contributed by atoms with E-state index in [0.717, 1.165) is 40.9 Å². The average Bonchev–Trinajstić information content (AvgIpc) is 3.41. The molecule has 154 valence electrons. The van der Waals surface area contributed by atoms with Gasteiger partial charge in [0.25, 0.3) is 5.91 Å². The Morgan fingerprint density at radius 3 is 2.76 bits per heavy atom. The molecular weight excluding hydrogens is 388 g/mol. The second kappa shape index (κ2) is 7.74. The molecular formula is C21H26N4O3S. The van der Waals surface area contributed by atoms with Gasteiger partial charge in [0.2, 0.25) is 5.91 Å². The minimum Gasteiger partial charge on any atom is -0.337 e. The van der Waals surface area contributed by atoms with E-state index in [9.17, 15) is 14.4 Å². The van der Waals surface area contributed by atoms with Crippen LogP contribution in [0.25, 0.3) is 10.2 Å². The summed E-state index contributed by atoms with van der Waals surface area (Å²) in [5.41, 5.74) is 0.263. The highest BCUT2D eigenvalue weighted by Crippen LogP contribution is 2.35. The van der Waals surface area contributed by atoms with Crippen LogP contribution in [-0.4, -0.2) is 51.8 Å². The molecule has 7 nitrogen and oxygen atoms in total. The first kappa shape index (κ1) is 19.8. The molecule has 1 aromatic carbocycles. The lowest BCUT2D eigenvalue weighted by Crippen LogP contribution is -2.44. The summed E-state index contributed by atoms with van der Waals surface area (Å²) >= 11 is 1.60. The van der Waals surface area contributed by atoms with Crippen molar-refractivity contribution in [1.82, 2.24) is 20.1 Å². The number of benzene rings is 1. The minimum absolute atomic E-state index is 0.0145. The van der Waals surface area contributed by atoms with Gasteiger partial charge in [0.1, 0.15) is 10.5 Å². The molecule has 2 aromatic rings. The molecule has 0 bridgehead atoms. The van der Waals surface area contributed by atoms with Crippen LogP contribution in [0.4, 0.5) is 4.79 Å². The van der Waals surface area contributed by atoms with Gasteiger partial charge in [-0.2, -0.15) is 0 Å². The van der Waals surface area contributed by atoms with E-state index in [1.54, 1.807) is 23.3 Å². The second-order valence-electron chi connectivity index (χ2n) is 7.98. The smallest absolute Gasteiger partial charge is 0.325 e. The lowest BCUT2D eigenvalue weighted by Gasteiger charge is -2.24. The van der Waals surface area contributed by atoms with Crippen molar-refractivity contribution in [2.75, 3.05) is 13.6 Å². The third-order valence-electron chi connectivity index (χ3n) is 6.12. The fourth-order valence-electron chi connectivity index (χ4n) is 4.21. The van der Waals surface area contributed by atoms with Crippen molar-refractivity contribution in [3.05, 3.63) is 29.3 Å². The Morgan fingerprint density at radius 1 is 1.31 bits per heavy atom. The summed E-state index contributed by atoms with van der Waals surface area (Å²) < 4.78 is 1.11. The van der Waals surface area contributed by atoms with Crippen LogP contribution in [0.1, 0.15) is 56.5 Å². The first-order valence-corrected chi connectivity index (χ1v) is 11.0. The summed E-state index contributed by atoms with van der Waals surface area (Å²) in [6.45, 7) is 2.25. The number of aromatic nitrogens is 1. The molecule has 1 spiro atoms. The second-order valence-corrected chi connectivity index (χ2v) is 9.04. The van der Waals surface area contributed by atoms with Gasteiger partial charge in [-0.15, -0.1) is 11.3 Å². The van der Waals surface area contributed by atoms with Gasteiger partial charge < -0.3 is 10.2 Å². The Morgan fingerprint density at radius 2 is 2.03 bits per heavy atom. The number of rotatable bonds is 6. The van der Waals surface area contributed by atoms with Crippen LogP contribution in [0.5, 0.6) is 0 Å². The average molecular weight is 415 g/mol. The van der Waals surface area contributed by atoms with Crippen LogP contribution >= 0.6 is 11.3 Å². The third kappa shape index (κ3) is 3.61. The highest BCUT2D eigenvalue weighted by Gasteiger charge is 2.52. The van der Waals surface area contributed by atoms with Crippen molar-refractivity contribution >= 4 is 39.4 Å². The molecule has 4 rings (SSSR count). The van der Waals surface area contributed by atoms with Crippen LogP contribution in [0.2, 0.25) is 0 Å². The van der Waals surface area contributed by atoms with Crippen molar-refractivity contribution in [2.45, 2.75) is 57.0 Å². The summed E-state index contributed by atoms with van der Waals surface area (Å²) in [5, 5.41) is 3.78. The number of nitrogens with zero attached hydrogens (tertiary/aromatic N) is 3. The summed E-state index contributed by atoms with van der Waals surface area (Å²) in [7, 11) is 1.78. The number of urea groups is 1. The molecule has 2 fully saturated rings. The van der Waals surface area contributed by atoms with Crippen molar-refractivity contribution < 1.29 is 14.4 Å². The lowest BCUT2D eigenvalue weighted by atomic mass is 9.98. The number of amides is 4. The van der Waals surface area contributed by atoms with Gasteiger partial charge >= 0.3 is 6.03 Å². The Bertz CT molecular complexity index is 917. The maximum atomic E-state index is 12.7. The molecule has 1 saturated heterocycles. The molecule has 1 aliphatic heterocycles. The number of nitrogens with one attached hydrogen (secondary N) is 1. The molecule has 2 aliphatic rings. The molecule has 8 heteroatoms. The van der Waals surface area contributed by atoms with Gasteiger partial charge in [-0.05, 0) is 38.3 Å². The number of para-hydroxylation sites is 1. The predicted molar refractivity (Wildman–Crippen MR) is 111 cm³/mol. The minimum atomic E-state index is -0.681. The summed E-state index contributed by atoms with van der Waals surface area (Å²) in [5.74, 6) is -0.136. The van der Waals surface area contributed by atoms with E-state index in [0.29, 0.717) is 6.42 Å². The monoisotopic (exact) mass is 414 g/mol. The Hall–Kier alpha value is -2.48. The zero-order chi connectivity index (χ0) is 20.6. The molecule has 2 heterocycles. The number of imide groups is 1. The SMILES string of the molecule is C[C@@H](c1nc2ccccc2s1)N(C)C(=O)CCCN1C(=O)NC2(CCCC2)C1=O. The first-order valence-electron chi connectivity index (χ1n) is 10.2. The Labute approximate surface area is 174 Å². The number of thiazole rings is 1. The van der Waals surface area contributed by atoms with Gasteiger partial charge in [0, 0.05) is 20.0 Å². The quantitative estimate of drug-likeness (QED) is 0.734. The number of fused-ring (bicyclic) bond motifs is 1. The normalized spacial score (nSPS) is 19.2. The number of hydrogen-bond donors (Lipinski definition) is 1. The zero-order valence-corrected chi connectivity index (χ0v) is 17.6. The standard InChI is InChI=1S/C21H26N4O3S/c1-14(18-22-15-8-3-4-9-16(15)29-18)24(2)17(26)10-7-13-25-19(27)21(23-20(25)28)11-5-6-12-21/h3-4,8-9,14H,5-7,10-13H2,1-2H3,(H,23,28)/t14-/m0/s1. The van der Waals surface area contributed by atoms with Crippen molar-refractivity contribution in [3.63, 3.8) is 0 Å². The van der Waals surface area contributed by atoms with Gasteiger partial charge in [-0.3, -0.25) is 14.5 Å². The number of carbonyl (C=O) groups excluding carboxylic acids is 3. The molecule has 1 saturated carbocycles. The van der Waals surface area contributed by atoms with E-state index in [2.05, 4.69) is 10.3 Å². The third-order valence-corrected chi connectivity index (χ3v) is 7.32. The topological polar surface area (TPSA) is 82.6 Å². The van der Waals surface area contributed by atoms with E-state index < -0.39 is 5.54 Å². The molecule has 29 heavy (non-hydrogen) atoms. The van der Waals surface area contributed by atoms with E-state index in [1.807, 2.05) is 31.2 Å². The molecule has 0 unspecified atom stereocenters. The largest absolute Gasteiger partial charge is 0.337 e. The predicted octanol–water partition coefficient (Wildman–Crippen LogP) is 3.46. The van der Waals surface area contributed by atoms with Gasteiger partial charge in [0.15, 0.2) is 0 Å². The molecule has 1 atom stereocenters. The molecule has 4 amide bonds. The molecule has 1 aromatic heterocycles. The first-order chi connectivity index (χ1) is 13.9. The van der Waals surface area contributed by atoms with E-state index in [-0.39, 0.29) is 36.9 Å².